The average Bonchev–Trinajstić information content (AvgIpc) is 2.80. The van der Waals surface area contributed by atoms with Gasteiger partial charge < -0.3 is 4.98 Å². The summed E-state index contributed by atoms with van der Waals surface area (Å²) in [6.07, 6.45) is 2.45. The Balaban J connectivity index is 1.95. The Bertz CT molecular complexity index is 611. The van der Waals surface area contributed by atoms with Gasteiger partial charge in [0, 0.05) is 12.8 Å². The van der Waals surface area contributed by atoms with Gasteiger partial charge in [0.15, 0.2) is 0 Å². The molecule has 104 valence electrons. The van der Waals surface area contributed by atoms with Crippen molar-refractivity contribution < 1.29 is 9.59 Å². The number of benzene rings is 1. The van der Waals surface area contributed by atoms with Crippen molar-refractivity contribution in [1.29, 1.82) is 0 Å². The van der Waals surface area contributed by atoms with Crippen molar-refractivity contribution >= 4 is 22.8 Å². The lowest BCUT2D eigenvalue weighted by Gasteiger charge is -2.24. The number of nitrogens with one attached hydrogen (secondary N) is 1. The van der Waals surface area contributed by atoms with Gasteiger partial charge in [0.05, 0.1) is 17.1 Å². The first-order valence-corrected chi connectivity index (χ1v) is 6.96. The summed E-state index contributed by atoms with van der Waals surface area (Å²) in [6, 6.07) is 7.34. The SMILES string of the molecule is CC(c1nc2ccccc2[nH]1)N1C(=O)CCCCC1=O. The molecule has 1 aliphatic heterocycles. The number of fused-ring (bicyclic) bond motifs is 1. The van der Waals surface area contributed by atoms with Gasteiger partial charge in [-0.05, 0) is 31.9 Å². The molecule has 2 heterocycles. The molecule has 1 aromatic heterocycles. The van der Waals surface area contributed by atoms with Gasteiger partial charge in [0.2, 0.25) is 11.8 Å². The van der Waals surface area contributed by atoms with Crippen molar-refractivity contribution in [3.8, 4) is 0 Å². The molecule has 5 nitrogen and oxygen atoms in total. The zero-order chi connectivity index (χ0) is 14.1. The van der Waals surface area contributed by atoms with Gasteiger partial charge in [-0.2, -0.15) is 0 Å². The molecule has 5 heteroatoms. The maximum absolute atomic E-state index is 12.1. The van der Waals surface area contributed by atoms with Gasteiger partial charge in [-0.1, -0.05) is 12.1 Å². The highest BCUT2D eigenvalue weighted by molar-refractivity contribution is 5.96. The maximum Gasteiger partial charge on any atom is 0.229 e. The maximum atomic E-state index is 12.1. The van der Waals surface area contributed by atoms with Crippen LogP contribution in [0.15, 0.2) is 24.3 Å². The fourth-order valence-electron chi connectivity index (χ4n) is 2.66. The number of likely N-dealkylation sites (tertiary alicyclic amines) is 1. The normalized spacial score (nSPS) is 18.4. The number of imide groups is 1. The molecule has 2 aromatic rings. The first-order valence-electron chi connectivity index (χ1n) is 6.96. The molecule has 2 amide bonds. The topological polar surface area (TPSA) is 66.1 Å². The first kappa shape index (κ1) is 12.8. The smallest absolute Gasteiger partial charge is 0.229 e. The Kier molecular flexibility index (Phi) is 3.26. The lowest BCUT2D eigenvalue weighted by molar-refractivity contribution is -0.146. The highest BCUT2D eigenvalue weighted by Crippen LogP contribution is 2.25. The summed E-state index contributed by atoms with van der Waals surface area (Å²) in [6.45, 7) is 1.85. The second-order valence-electron chi connectivity index (χ2n) is 5.18. The summed E-state index contributed by atoms with van der Waals surface area (Å²) < 4.78 is 0. The van der Waals surface area contributed by atoms with E-state index in [0.717, 1.165) is 23.9 Å². The monoisotopic (exact) mass is 271 g/mol. The number of rotatable bonds is 2. The van der Waals surface area contributed by atoms with Crippen LogP contribution in [0.5, 0.6) is 0 Å². The number of para-hydroxylation sites is 2. The molecule has 1 aliphatic rings. The predicted molar refractivity (Wildman–Crippen MR) is 74.8 cm³/mol. The zero-order valence-corrected chi connectivity index (χ0v) is 11.4. The molecule has 1 saturated heterocycles. The van der Waals surface area contributed by atoms with E-state index in [1.807, 2.05) is 31.2 Å². The third-order valence-corrected chi connectivity index (χ3v) is 3.76. The molecule has 0 spiro atoms. The van der Waals surface area contributed by atoms with Crippen molar-refractivity contribution in [1.82, 2.24) is 14.9 Å². The molecule has 0 radical (unpaired) electrons. The number of nitrogens with zero attached hydrogens (tertiary/aromatic N) is 2. The van der Waals surface area contributed by atoms with E-state index in [1.54, 1.807) is 0 Å². The fraction of sp³-hybridized carbons (Fsp3) is 0.400. The molecular weight excluding hydrogens is 254 g/mol. The van der Waals surface area contributed by atoms with E-state index in [9.17, 15) is 9.59 Å². The lowest BCUT2D eigenvalue weighted by atomic mass is 10.2. The van der Waals surface area contributed by atoms with Crippen LogP contribution >= 0.6 is 0 Å². The number of aromatic nitrogens is 2. The summed E-state index contributed by atoms with van der Waals surface area (Å²) in [4.78, 5) is 33.3. The van der Waals surface area contributed by atoms with E-state index >= 15 is 0 Å². The standard InChI is InChI=1S/C15H17N3O2/c1-10(18-13(19)8-4-5-9-14(18)20)15-16-11-6-2-3-7-12(11)17-15/h2-3,6-7,10H,4-5,8-9H2,1H3,(H,16,17). The van der Waals surface area contributed by atoms with E-state index in [1.165, 1.54) is 4.90 Å². The molecule has 1 atom stereocenters. The highest BCUT2D eigenvalue weighted by Gasteiger charge is 2.30. The highest BCUT2D eigenvalue weighted by atomic mass is 16.2. The van der Waals surface area contributed by atoms with Gasteiger partial charge in [-0.15, -0.1) is 0 Å². The van der Waals surface area contributed by atoms with E-state index < -0.39 is 0 Å². The third-order valence-electron chi connectivity index (χ3n) is 3.76. The van der Waals surface area contributed by atoms with Crippen molar-refractivity contribution in [3.63, 3.8) is 0 Å². The number of amides is 2. The minimum absolute atomic E-state index is 0.0968. The molecule has 1 N–H and O–H groups in total. The summed E-state index contributed by atoms with van der Waals surface area (Å²) in [5.41, 5.74) is 1.77. The van der Waals surface area contributed by atoms with Crippen LogP contribution in [0.2, 0.25) is 0 Å². The van der Waals surface area contributed by atoms with E-state index in [4.69, 9.17) is 0 Å². The van der Waals surface area contributed by atoms with Gasteiger partial charge in [-0.3, -0.25) is 14.5 Å². The predicted octanol–water partition coefficient (Wildman–Crippen LogP) is 2.55. The molecule has 1 fully saturated rings. The van der Waals surface area contributed by atoms with Crippen LogP contribution in [-0.2, 0) is 9.59 Å². The second kappa shape index (κ2) is 5.07. The van der Waals surface area contributed by atoms with Crippen LogP contribution in [0.3, 0.4) is 0 Å². The van der Waals surface area contributed by atoms with Gasteiger partial charge in [0.25, 0.3) is 0 Å². The van der Waals surface area contributed by atoms with E-state index in [0.29, 0.717) is 18.7 Å². The largest absolute Gasteiger partial charge is 0.340 e. The summed E-state index contributed by atoms with van der Waals surface area (Å²) in [5, 5.41) is 0. The Hall–Kier alpha value is -2.17. The van der Waals surface area contributed by atoms with Gasteiger partial charge in [0.1, 0.15) is 5.82 Å². The molecule has 1 unspecified atom stereocenters. The van der Waals surface area contributed by atoms with Gasteiger partial charge in [-0.25, -0.2) is 4.98 Å². The molecule has 1 aromatic carbocycles. The van der Waals surface area contributed by atoms with Crippen molar-refractivity contribution in [2.24, 2.45) is 0 Å². The number of hydrogen-bond acceptors (Lipinski definition) is 3. The van der Waals surface area contributed by atoms with Crippen molar-refractivity contribution in [2.45, 2.75) is 38.6 Å². The summed E-state index contributed by atoms with van der Waals surface area (Å²) in [5.74, 6) is 0.468. The van der Waals surface area contributed by atoms with Crippen molar-refractivity contribution in [3.05, 3.63) is 30.1 Å². The zero-order valence-electron chi connectivity index (χ0n) is 11.4. The number of carbonyl (C=O) groups excluding carboxylic acids is 2. The number of H-pyrrole nitrogens is 1. The quantitative estimate of drug-likeness (QED) is 0.854. The van der Waals surface area contributed by atoms with Crippen LogP contribution in [0.25, 0.3) is 11.0 Å². The van der Waals surface area contributed by atoms with E-state index in [-0.39, 0.29) is 17.9 Å². The molecule has 0 saturated carbocycles. The summed E-state index contributed by atoms with van der Waals surface area (Å²) in [7, 11) is 0. The van der Waals surface area contributed by atoms with Crippen molar-refractivity contribution in [2.75, 3.05) is 0 Å². The molecular formula is C15H17N3O2. The van der Waals surface area contributed by atoms with Crippen LogP contribution < -0.4 is 0 Å². The Morgan fingerprint density at radius 2 is 1.80 bits per heavy atom. The van der Waals surface area contributed by atoms with Crippen LogP contribution in [0.1, 0.15) is 44.5 Å². The average molecular weight is 271 g/mol. The van der Waals surface area contributed by atoms with Crippen LogP contribution in [0, 0.1) is 0 Å². The lowest BCUT2D eigenvalue weighted by Crippen LogP contribution is -2.37. The molecule has 0 bridgehead atoms. The number of carbonyl (C=O) groups is 2. The third kappa shape index (κ3) is 2.19. The Morgan fingerprint density at radius 3 is 2.45 bits per heavy atom. The number of hydrogen-bond donors (Lipinski definition) is 1. The fourth-order valence-corrected chi connectivity index (χ4v) is 2.66. The van der Waals surface area contributed by atoms with Crippen LogP contribution in [-0.4, -0.2) is 26.7 Å². The molecule has 3 rings (SSSR count). The minimum atomic E-state index is -0.347. The van der Waals surface area contributed by atoms with Gasteiger partial charge >= 0.3 is 0 Å². The first-order chi connectivity index (χ1) is 9.66. The molecule has 0 aliphatic carbocycles. The Morgan fingerprint density at radius 1 is 1.15 bits per heavy atom. The molecule has 20 heavy (non-hydrogen) atoms. The summed E-state index contributed by atoms with van der Waals surface area (Å²) >= 11 is 0. The minimum Gasteiger partial charge on any atom is -0.340 e. The number of aromatic amines is 1. The van der Waals surface area contributed by atoms with E-state index in [2.05, 4.69) is 9.97 Å². The van der Waals surface area contributed by atoms with Crippen LogP contribution in [0.4, 0.5) is 0 Å². The Labute approximate surface area is 117 Å². The second-order valence-corrected chi connectivity index (χ2v) is 5.18. The number of imidazole rings is 1.